The summed E-state index contributed by atoms with van der Waals surface area (Å²) in [6.45, 7) is 5.98. The highest BCUT2D eigenvalue weighted by Gasteiger charge is 2.13. The number of aliphatic carboxylic acids is 1. The lowest BCUT2D eigenvalue weighted by Gasteiger charge is -2.12. The van der Waals surface area contributed by atoms with Crippen molar-refractivity contribution in [3.63, 3.8) is 0 Å². The Hall–Kier alpha value is -2.61. The molecule has 2 heteroatoms. The summed E-state index contributed by atoms with van der Waals surface area (Å²) < 4.78 is 0. The Morgan fingerprint density at radius 3 is 2.33 bits per heavy atom. The molecule has 0 bridgehead atoms. The van der Waals surface area contributed by atoms with Crippen LogP contribution in [0.4, 0.5) is 0 Å². The Morgan fingerprint density at radius 2 is 1.67 bits per heavy atom. The largest absolute Gasteiger partial charge is 0.481 e. The number of benzene rings is 3. The number of hydrogen-bond acceptors (Lipinski definition) is 1. The Bertz CT molecular complexity index is 889. The minimum Gasteiger partial charge on any atom is -0.481 e. The van der Waals surface area contributed by atoms with Gasteiger partial charge in [-0.15, -0.1) is 0 Å². The van der Waals surface area contributed by atoms with Crippen molar-refractivity contribution < 1.29 is 9.90 Å². The molecule has 24 heavy (non-hydrogen) atoms. The van der Waals surface area contributed by atoms with Crippen molar-refractivity contribution in [3.8, 4) is 11.1 Å². The van der Waals surface area contributed by atoms with Crippen LogP contribution in [0.5, 0.6) is 0 Å². The predicted molar refractivity (Wildman–Crippen MR) is 99.4 cm³/mol. The molecule has 0 aliphatic carbocycles. The van der Waals surface area contributed by atoms with Gasteiger partial charge in [0.25, 0.3) is 0 Å². The van der Waals surface area contributed by atoms with Crippen molar-refractivity contribution in [2.75, 3.05) is 0 Å². The smallest absolute Gasteiger partial charge is 0.306 e. The maximum absolute atomic E-state index is 11.1. The zero-order valence-electron chi connectivity index (χ0n) is 14.3. The average Bonchev–Trinajstić information content (AvgIpc) is 2.53. The molecule has 0 radical (unpaired) electrons. The molecular weight excluding hydrogens is 296 g/mol. The van der Waals surface area contributed by atoms with E-state index in [1.54, 1.807) is 6.92 Å². The van der Waals surface area contributed by atoms with Crippen LogP contribution in [0.25, 0.3) is 21.9 Å². The molecule has 0 aromatic heterocycles. The molecule has 1 atom stereocenters. The number of carbonyl (C=O) groups is 1. The highest BCUT2D eigenvalue weighted by atomic mass is 16.4. The quantitative estimate of drug-likeness (QED) is 0.700. The van der Waals surface area contributed by atoms with Crippen LogP contribution in [0.3, 0.4) is 0 Å². The fourth-order valence-corrected chi connectivity index (χ4v) is 3.27. The Balaban J connectivity index is 2.05. The second kappa shape index (κ2) is 6.48. The minimum atomic E-state index is -0.751. The van der Waals surface area contributed by atoms with Crippen LogP contribution in [-0.2, 0) is 11.2 Å². The lowest BCUT2D eigenvalue weighted by molar-refractivity contribution is -0.141. The number of fused-ring (bicyclic) bond motifs is 1. The van der Waals surface area contributed by atoms with Crippen molar-refractivity contribution in [1.82, 2.24) is 0 Å². The zero-order valence-corrected chi connectivity index (χ0v) is 14.3. The van der Waals surface area contributed by atoms with E-state index < -0.39 is 5.97 Å². The molecule has 122 valence electrons. The molecule has 0 spiro atoms. The van der Waals surface area contributed by atoms with E-state index in [1.807, 2.05) is 12.1 Å². The number of carboxylic acids is 1. The van der Waals surface area contributed by atoms with E-state index in [0.29, 0.717) is 6.42 Å². The van der Waals surface area contributed by atoms with Crippen LogP contribution in [0.2, 0.25) is 0 Å². The van der Waals surface area contributed by atoms with Crippen LogP contribution in [-0.4, -0.2) is 11.1 Å². The van der Waals surface area contributed by atoms with Crippen LogP contribution in [0.1, 0.15) is 23.6 Å². The van der Waals surface area contributed by atoms with Crippen molar-refractivity contribution in [2.45, 2.75) is 27.2 Å². The molecule has 0 saturated heterocycles. The Morgan fingerprint density at radius 1 is 0.958 bits per heavy atom. The number of hydrogen-bond donors (Lipinski definition) is 1. The van der Waals surface area contributed by atoms with E-state index in [0.717, 1.165) is 16.3 Å². The minimum absolute atomic E-state index is 0.380. The molecule has 0 aliphatic rings. The molecule has 3 aromatic carbocycles. The normalized spacial score (nSPS) is 12.3. The number of carboxylic acid groups (broad SMARTS) is 1. The first-order valence-electron chi connectivity index (χ1n) is 8.27. The topological polar surface area (TPSA) is 37.3 Å². The summed E-state index contributed by atoms with van der Waals surface area (Å²) >= 11 is 0. The summed E-state index contributed by atoms with van der Waals surface area (Å²) in [6.07, 6.45) is 0.551. The van der Waals surface area contributed by atoms with Gasteiger partial charge in [0.2, 0.25) is 0 Å². The van der Waals surface area contributed by atoms with Gasteiger partial charge in [0.15, 0.2) is 0 Å². The Labute approximate surface area is 142 Å². The summed E-state index contributed by atoms with van der Waals surface area (Å²) in [7, 11) is 0. The maximum atomic E-state index is 11.1. The first-order valence-corrected chi connectivity index (χ1v) is 8.27. The van der Waals surface area contributed by atoms with Crippen LogP contribution in [0.15, 0.2) is 54.6 Å². The first kappa shape index (κ1) is 16.3. The first-order chi connectivity index (χ1) is 11.4. The molecule has 0 fully saturated rings. The summed E-state index contributed by atoms with van der Waals surface area (Å²) in [5.74, 6) is -1.13. The van der Waals surface area contributed by atoms with Gasteiger partial charge >= 0.3 is 5.97 Å². The molecule has 3 aromatic rings. The van der Waals surface area contributed by atoms with Gasteiger partial charge in [-0.2, -0.15) is 0 Å². The van der Waals surface area contributed by atoms with Crippen molar-refractivity contribution in [1.29, 1.82) is 0 Å². The van der Waals surface area contributed by atoms with Gasteiger partial charge in [-0.05, 0) is 53.8 Å². The fraction of sp³-hybridized carbons (Fsp3) is 0.227. The highest BCUT2D eigenvalue weighted by Crippen LogP contribution is 2.28. The van der Waals surface area contributed by atoms with Gasteiger partial charge in [0.05, 0.1) is 5.92 Å². The summed E-state index contributed by atoms with van der Waals surface area (Å²) in [4.78, 5) is 11.1. The van der Waals surface area contributed by atoms with Gasteiger partial charge in [-0.1, -0.05) is 66.6 Å². The van der Waals surface area contributed by atoms with Crippen molar-refractivity contribution in [2.24, 2.45) is 5.92 Å². The third kappa shape index (κ3) is 3.33. The predicted octanol–water partition coefficient (Wildman–Crippen LogP) is 5.39. The van der Waals surface area contributed by atoms with E-state index in [-0.39, 0.29) is 5.92 Å². The third-order valence-corrected chi connectivity index (χ3v) is 4.47. The lowest BCUT2D eigenvalue weighted by atomic mass is 9.93. The van der Waals surface area contributed by atoms with E-state index >= 15 is 0 Å². The van der Waals surface area contributed by atoms with E-state index in [4.69, 9.17) is 5.11 Å². The van der Waals surface area contributed by atoms with Crippen molar-refractivity contribution >= 4 is 16.7 Å². The van der Waals surface area contributed by atoms with Gasteiger partial charge < -0.3 is 5.11 Å². The zero-order chi connectivity index (χ0) is 17.3. The molecular formula is C22H22O2. The Kier molecular flexibility index (Phi) is 4.39. The summed E-state index contributed by atoms with van der Waals surface area (Å²) in [5, 5.41) is 11.5. The van der Waals surface area contributed by atoms with E-state index in [1.165, 1.54) is 22.3 Å². The molecule has 0 heterocycles. The SMILES string of the molecule is Cc1cc(C)cc(-c2ccc3c(CC(C)C(=O)O)cccc3c2)c1. The van der Waals surface area contributed by atoms with Crippen LogP contribution < -0.4 is 0 Å². The number of aryl methyl sites for hydroxylation is 2. The standard InChI is InChI=1S/C22H22O2/c1-14-9-15(2)11-20(10-14)17-7-8-21-18(12-16(3)22(23)24)5-4-6-19(21)13-17/h4-11,13,16H,12H2,1-3H3,(H,23,24). The van der Waals surface area contributed by atoms with E-state index in [2.05, 4.69) is 56.3 Å². The monoisotopic (exact) mass is 318 g/mol. The summed E-state index contributed by atoms with van der Waals surface area (Å²) in [6, 6.07) is 19.1. The van der Waals surface area contributed by atoms with Gasteiger partial charge in [-0.3, -0.25) is 4.79 Å². The second-order valence-electron chi connectivity index (χ2n) is 6.67. The van der Waals surface area contributed by atoms with E-state index in [9.17, 15) is 4.79 Å². The molecule has 0 amide bonds. The third-order valence-electron chi connectivity index (χ3n) is 4.47. The van der Waals surface area contributed by atoms with Gasteiger partial charge in [0, 0.05) is 0 Å². The highest BCUT2D eigenvalue weighted by molar-refractivity contribution is 5.90. The molecule has 1 unspecified atom stereocenters. The van der Waals surface area contributed by atoms with Gasteiger partial charge in [0.1, 0.15) is 0 Å². The lowest BCUT2D eigenvalue weighted by Crippen LogP contribution is -2.12. The van der Waals surface area contributed by atoms with Crippen LogP contribution >= 0.6 is 0 Å². The van der Waals surface area contributed by atoms with Gasteiger partial charge in [-0.25, -0.2) is 0 Å². The fourth-order valence-electron chi connectivity index (χ4n) is 3.27. The molecule has 0 aliphatic heterocycles. The molecule has 2 nitrogen and oxygen atoms in total. The molecule has 0 saturated carbocycles. The summed E-state index contributed by atoms with van der Waals surface area (Å²) in [5.41, 5.74) is 6.02. The second-order valence-corrected chi connectivity index (χ2v) is 6.67. The molecule has 1 N–H and O–H groups in total. The molecule has 3 rings (SSSR count). The number of rotatable bonds is 4. The van der Waals surface area contributed by atoms with Crippen LogP contribution in [0, 0.1) is 19.8 Å². The average molecular weight is 318 g/mol. The van der Waals surface area contributed by atoms with Crippen molar-refractivity contribution in [3.05, 3.63) is 71.3 Å². The maximum Gasteiger partial charge on any atom is 0.306 e.